The Labute approximate surface area is 151 Å². The Morgan fingerprint density at radius 1 is 1.20 bits per heavy atom. The van der Waals surface area contributed by atoms with Gasteiger partial charge in [-0.15, -0.1) is 0 Å². The van der Waals surface area contributed by atoms with Crippen molar-refractivity contribution in [1.82, 2.24) is 5.32 Å². The molecule has 0 amide bonds. The van der Waals surface area contributed by atoms with Crippen LogP contribution in [-0.4, -0.2) is 49.7 Å². The molecule has 1 aliphatic heterocycles. The zero-order chi connectivity index (χ0) is 17.6. The summed E-state index contributed by atoms with van der Waals surface area (Å²) in [5.41, 5.74) is 1.31. The first-order valence-corrected chi connectivity index (χ1v) is 9.47. The van der Waals surface area contributed by atoms with E-state index >= 15 is 0 Å². The summed E-state index contributed by atoms with van der Waals surface area (Å²) in [5.74, 6) is 0. The molecule has 0 aromatic heterocycles. The van der Waals surface area contributed by atoms with E-state index in [0.29, 0.717) is 12.6 Å². The second-order valence-electron chi connectivity index (χ2n) is 7.54. The zero-order valence-electron chi connectivity index (χ0n) is 15.2. The summed E-state index contributed by atoms with van der Waals surface area (Å²) in [6.45, 7) is 5.07. The lowest BCUT2D eigenvalue weighted by molar-refractivity contribution is -0.115. The maximum absolute atomic E-state index is 9.11. The molecule has 1 aromatic carbocycles. The number of hydrogen-bond acceptors (Lipinski definition) is 4. The lowest BCUT2D eigenvalue weighted by Gasteiger charge is -2.39. The van der Waals surface area contributed by atoms with Gasteiger partial charge in [0.15, 0.2) is 0 Å². The molecular weight excluding hydrogens is 314 g/mol. The van der Waals surface area contributed by atoms with Crippen LogP contribution in [-0.2, 0) is 14.9 Å². The van der Waals surface area contributed by atoms with E-state index in [1.165, 1.54) is 5.56 Å². The molecule has 1 saturated heterocycles. The summed E-state index contributed by atoms with van der Waals surface area (Å²) in [6.07, 6.45) is 8.70. The van der Waals surface area contributed by atoms with Gasteiger partial charge >= 0.3 is 0 Å². The average Bonchev–Trinajstić information content (AvgIpc) is 2.68. The van der Waals surface area contributed by atoms with E-state index in [1.54, 1.807) is 0 Å². The molecule has 3 rings (SSSR count). The van der Waals surface area contributed by atoms with Crippen LogP contribution < -0.4 is 5.32 Å². The molecule has 0 saturated carbocycles. The van der Waals surface area contributed by atoms with Crippen LogP contribution in [0.5, 0.6) is 0 Å². The van der Waals surface area contributed by atoms with Gasteiger partial charge in [-0.2, -0.15) is 0 Å². The molecule has 1 aliphatic carbocycles. The number of rotatable bonds is 7. The smallest absolute Gasteiger partial charge is 0.0851 e. The van der Waals surface area contributed by atoms with Crippen LogP contribution in [0.25, 0.3) is 0 Å². The van der Waals surface area contributed by atoms with Crippen LogP contribution >= 0.6 is 0 Å². The van der Waals surface area contributed by atoms with E-state index in [0.717, 1.165) is 45.4 Å². The predicted molar refractivity (Wildman–Crippen MR) is 99.8 cm³/mol. The van der Waals surface area contributed by atoms with E-state index in [9.17, 15) is 0 Å². The molecule has 1 heterocycles. The third-order valence-corrected chi connectivity index (χ3v) is 5.69. The molecular formula is C21H31NO3. The summed E-state index contributed by atoms with van der Waals surface area (Å²) in [4.78, 5) is 0. The first-order chi connectivity index (χ1) is 12.2. The van der Waals surface area contributed by atoms with Gasteiger partial charge in [0.05, 0.1) is 18.8 Å². The highest BCUT2D eigenvalue weighted by atomic mass is 16.5. The Morgan fingerprint density at radius 2 is 1.96 bits per heavy atom. The van der Waals surface area contributed by atoms with Crippen molar-refractivity contribution in [2.45, 2.75) is 49.7 Å². The molecule has 1 fully saturated rings. The van der Waals surface area contributed by atoms with Crippen LogP contribution in [0.15, 0.2) is 42.5 Å². The van der Waals surface area contributed by atoms with Gasteiger partial charge in [-0.1, -0.05) is 49.4 Å². The number of ether oxygens (including phenoxy) is 2. The first-order valence-electron chi connectivity index (χ1n) is 9.47. The number of aliphatic hydroxyl groups excluding tert-OH is 1. The molecule has 25 heavy (non-hydrogen) atoms. The van der Waals surface area contributed by atoms with E-state index < -0.39 is 0 Å². The van der Waals surface area contributed by atoms with Crippen molar-refractivity contribution in [3.63, 3.8) is 0 Å². The van der Waals surface area contributed by atoms with Crippen molar-refractivity contribution in [1.29, 1.82) is 0 Å². The Balaban J connectivity index is 1.58. The van der Waals surface area contributed by atoms with E-state index in [4.69, 9.17) is 14.6 Å². The lowest BCUT2D eigenvalue weighted by Crippen LogP contribution is -2.50. The molecule has 2 atom stereocenters. The van der Waals surface area contributed by atoms with E-state index in [-0.39, 0.29) is 17.6 Å². The Morgan fingerprint density at radius 3 is 2.60 bits per heavy atom. The zero-order valence-corrected chi connectivity index (χ0v) is 15.2. The minimum absolute atomic E-state index is 0.0708. The topological polar surface area (TPSA) is 50.7 Å². The molecule has 0 spiro atoms. The van der Waals surface area contributed by atoms with Crippen LogP contribution in [0.3, 0.4) is 0 Å². The van der Waals surface area contributed by atoms with Crippen LogP contribution in [0.4, 0.5) is 0 Å². The highest BCUT2D eigenvalue weighted by Crippen LogP contribution is 2.34. The molecule has 4 heteroatoms. The first kappa shape index (κ1) is 18.6. The molecule has 2 aliphatic rings. The number of nitrogens with one attached hydrogen (secondary N) is 1. The summed E-state index contributed by atoms with van der Waals surface area (Å²) >= 11 is 0. The summed E-state index contributed by atoms with van der Waals surface area (Å²) < 4.78 is 11.5. The van der Waals surface area contributed by atoms with Crippen molar-refractivity contribution in [2.24, 2.45) is 0 Å². The van der Waals surface area contributed by atoms with Crippen molar-refractivity contribution in [3.05, 3.63) is 48.0 Å². The number of aliphatic hydroxyl groups is 1. The number of allylic oxidation sites excluding steroid dienone is 1. The molecule has 0 bridgehead atoms. The Bertz CT molecular complexity index is 554. The fourth-order valence-electron chi connectivity index (χ4n) is 3.89. The minimum Gasteiger partial charge on any atom is -0.394 e. The van der Waals surface area contributed by atoms with Gasteiger partial charge in [0.1, 0.15) is 0 Å². The van der Waals surface area contributed by atoms with Crippen LogP contribution in [0.2, 0.25) is 0 Å². The Kier molecular flexibility index (Phi) is 6.29. The van der Waals surface area contributed by atoms with Crippen molar-refractivity contribution >= 4 is 0 Å². The SMILES string of the molecule is CC1(c2ccccc2)C=CC(NCC2(OCCO)CCOCC2)CC1. The van der Waals surface area contributed by atoms with Crippen molar-refractivity contribution < 1.29 is 14.6 Å². The monoisotopic (exact) mass is 345 g/mol. The fraction of sp³-hybridized carbons (Fsp3) is 0.619. The van der Waals surface area contributed by atoms with Gasteiger partial charge in [0, 0.05) is 44.1 Å². The van der Waals surface area contributed by atoms with Crippen LogP contribution in [0.1, 0.15) is 38.2 Å². The highest BCUT2D eigenvalue weighted by molar-refractivity contribution is 5.31. The van der Waals surface area contributed by atoms with Gasteiger partial charge < -0.3 is 19.9 Å². The molecule has 0 radical (unpaired) electrons. The van der Waals surface area contributed by atoms with E-state index in [1.807, 2.05) is 0 Å². The summed E-state index contributed by atoms with van der Waals surface area (Å²) in [6, 6.07) is 11.1. The van der Waals surface area contributed by atoms with Gasteiger partial charge in [0.25, 0.3) is 0 Å². The molecule has 138 valence electrons. The molecule has 1 aromatic rings. The van der Waals surface area contributed by atoms with Gasteiger partial charge in [-0.25, -0.2) is 0 Å². The minimum atomic E-state index is -0.199. The normalized spacial score (nSPS) is 28.8. The standard InChI is InChI=1S/C21H31NO3/c1-20(18-5-3-2-4-6-18)9-7-19(8-10-20)22-17-21(25-16-13-23)11-14-24-15-12-21/h2-7,9,19,22-23H,8,10-17H2,1H3. The highest BCUT2D eigenvalue weighted by Gasteiger charge is 2.35. The average molecular weight is 345 g/mol. The van der Waals surface area contributed by atoms with Gasteiger partial charge in [-0.05, 0) is 18.4 Å². The van der Waals surface area contributed by atoms with Crippen molar-refractivity contribution in [3.8, 4) is 0 Å². The number of hydrogen-bond donors (Lipinski definition) is 2. The predicted octanol–water partition coefficient (Wildman–Crippen LogP) is 2.81. The second kappa shape index (κ2) is 8.45. The van der Waals surface area contributed by atoms with Gasteiger partial charge in [-0.3, -0.25) is 0 Å². The van der Waals surface area contributed by atoms with Crippen molar-refractivity contribution in [2.75, 3.05) is 33.0 Å². The van der Waals surface area contributed by atoms with Crippen LogP contribution in [0, 0.1) is 0 Å². The van der Waals surface area contributed by atoms with E-state index in [2.05, 4.69) is 54.7 Å². The second-order valence-corrected chi connectivity index (χ2v) is 7.54. The largest absolute Gasteiger partial charge is 0.394 e. The third-order valence-electron chi connectivity index (χ3n) is 5.69. The quantitative estimate of drug-likeness (QED) is 0.746. The fourth-order valence-corrected chi connectivity index (χ4v) is 3.89. The maximum atomic E-state index is 9.11. The summed E-state index contributed by atoms with van der Waals surface area (Å²) in [5, 5.41) is 12.8. The number of benzene rings is 1. The maximum Gasteiger partial charge on any atom is 0.0851 e. The Hall–Kier alpha value is -1.20. The lowest BCUT2D eigenvalue weighted by atomic mass is 9.74. The molecule has 2 N–H and O–H groups in total. The van der Waals surface area contributed by atoms with Gasteiger partial charge in [0.2, 0.25) is 0 Å². The molecule has 4 nitrogen and oxygen atoms in total. The molecule has 2 unspecified atom stereocenters. The third kappa shape index (κ3) is 4.70. The summed E-state index contributed by atoms with van der Waals surface area (Å²) in [7, 11) is 0.